The van der Waals surface area contributed by atoms with Crippen LogP contribution in [0.25, 0.3) is 0 Å². The molecule has 1 aromatic rings. The Balaban J connectivity index is 1.92. The van der Waals surface area contributed by atoms with Gasteiger partial charge in [0.15, 0.2) is 0 Å². The molecular weight excluding hydrogens is 232 g/mol. The van der Waals surface area contributed by atoms with Crippen molar-refractivity contribution in [2.24, 2.45) is 0 Å². The Morgan fingerprint density at radius 1 is 1.39 bits per heavy atom. The lowest BCUT2D eigenvalue weighted by Gasteiger charge is -2.23. The summed E-state index contributed by atoms with van der Waals surface area (Å²) in [5.74, 6) is -0.522. The number of amides is 1. The molecule has 0 spiro atoms. The second-order valence-electron chi connectivity index (χ2n) is 4.56. The number of nitrogens with one attached hydrogen (secondary N) is 2. The lowest BCUT2D eigenvalue weighted by Crippen LogP contribution is -2.43. The highest BCUT2D eigenvalue weighted by Gasteiger charge is 2.16. The quantitative estimate of drug-likeness (QED) is 0.603. The van der Waals surface area contributed by atoms with E-state index in [-0.39, 0.29) is 23.0 Å². The van der Waals surface area contributed by atoms with Crippen LogP contribution in [0.4, 0.5) is 0 Å². The van der Waals surface area contributed by atoms with Crippen LogP contribution >= 0.6 is 0 Å². The summed E-state index contributed by atoms with van der Waals surface area (Å²) < 4.78 is 0. The molecule has 18 heavy (non-hydrogen) atoms. The van der Waals surface area contributed by atoms with Gasteiger partial charge in [-0.2, -0.15) is 0 Å². The third-order valence-corrected chi connectivity index (χ3v) is 3.15. The normalized spacial score (nSPS) is 19.4. The van der Waals surface area contributed by atoms with Crippen molar-refractivity contribution in [2.75, 3.05) is 13.1 Å². The van der Waals surface area contributed by atoms with Crippen molar-refractivity contribution < 1.29 is 15.0 Å². The molecule has 1 unspecified atom stereocenters. The van der Waals surface area contributed by atoms with Crippen LogP contribution in [0.15, 0.2) is 18.2 Å². The van der Waals surface area contributed by atoms with Gasteiger partial charge in [-0.25, -0.2) is 0 Å². The standard InChI is InChI=1S/C13H18N2O3/c16-10-4-5-12(17)11(7-10)13(18)15-8-9-3-1-2-6-14-9/h4-5,7,9,14,16-17H,1-3,6,8H2,(H,15,18). The first-order valence-corrected chi connectivity index (χ1v) is 6.20. The van der Waals surface area contributed by atoms with E-state index in [2.05, 4.69) is 10.6 Å². The third kappa shape index (κ3) is 3.13. The fourth-order valence-corrected chi connectivity index (χ4v) is 2.12. The second-order valence-corrected chi connectivity index (χ2v) is 4.56. The van der Waals surface area contributed by atoms with Gasteiger partial charge in [0.1, 0.15) is 11.5 Å². The zero-order chi connectivity index (χ0) is 13.0. The summed E-state index contributed by atoms with van der Waals surface area (Å²) >= 11 is 0. The predicted octanol–water partition coefficient (Wildman–Crippen LogP) is 0.970. The zero-order valence-corrected chi connectivity index (χ0v) is 10.1. The molecule has 4 N–H and O–H groups in total. The molecule has 1 aliphatic rings. The first-order valence-electron chi connectivity index (χ1n) is 6.20. The van der Waals surface area contributed by atoms with Gasteiger partial charge in [0.25, 0.3) is 5.91 Å². The van der Waals surface area contributed by atoms with Gasteiger partial charge in [0, 0.05) is 12.6 Å². The van der Waals surface area contributed by atoms with Crippen molar-refractivity contribution in [2.45, 2.75) is 25.3 Å². The van der Waals surface area contributed by atoms with E-state index in [1.807, 2.05) is 0 Å². The molecule has 5 nitrogen and oxygen atoms in total. The predicted molar refractivity (Wildman–Crippen MR) is 67.7 cm³/mol. The van der Waals surface area contributed by atoms with Crippen LogP contribution in [-0.2, 0) is 0 Å². The lowest BCUT2D eigenvalue weighted by atomic mass is 10.0. The van der Waals surface area contributed by atoms with E-state index in [0.717, 1.165) is 13.0 Å². The Bertz CT molecular complexity index is 428. The van der Waals surface area contributed by atoms with Crippen LogP contribution in [0.2, 0.25) is 0 Å². The molecule has 0 aromatic heterocycles. The van der Waals surface area contributed by atoms with Gasteiger partial charge in [-0.1, -0.05) is 6.42 Å². The van der Waals surface area contributed by atoms with Crippen LogP contribution < -0.4 is 10.6 Å². The maximum absolute atomic E-state index is 11.9. The number of hydrogen-bond donors (Lipinski definition) is 4. The maximum atomic E-state index is 11.9. The minimum atomic E-state index is -0.365. The van der Waals surface area contributed by atoms with Crippen LogP contribution in [0, 0.1) is 0 Å². The van der Waals surface area contributed by atoms with Crippen LogP contribution in [0.1, 0.15) is 29.6 Å². The van der Waals surface area contributed by atoms with Gasteiger partial charge < -0.3 is 20.8 Å². The van der Waals surface area contributed by atoms with Crippen molar-refractivity contribution in [1.29, 1.82) is 0 Å². The minimum Gasteiger partial charge on any atom is -0.508 e. The number of hydrogen-bond acceptors (Lipinski definition) is 4. The lowest BCUT2D eigenvalue weighted by molar-refractivity contribution is 0.0944. The molecule has 1 atom stereocenters. The molecule has 0 saturated carbocycles. The highest BCUT2D eigenvalue weighted by Crippen LogP contribution is 2.21. The van der Waals surface area contributed by atoms with Crippen LogP contribution in [0.3, 0.4) is 0 Å². The van der Waals surface area contributed by atoms with Gasteiger partial charge in [-0.15, -0.1) is 0 Å². The Kier molecular flexibility index (Phi) is 4.04. The summed E-state index contributed by atoms with van der Waals surface area (Å²) in [6, 6.07) is 4.21. The van der Waals surface area contributed by atoms with E-state index in [0.29, 0.717) is 12.6 Å². The summed E-state index contributed by atoms with van der Waals surface area (Å²) in [7, 11) is 0. The number of phenols is 2. The smallest absolute Gasteiger partial charge is 0.255 e. The van der Waals surface area contributed by atoms with Gasteiger partial charge in [-0.05, 0) is 37.6 Å². The Labute approximate surface area is 106 Å². The monoisotopic (exact) mass is 250 g/mol. The van der Waals surface area contributed by atoms with Crippen LogP contribution in [0.5, 0.6) is 11.5 Å². The largest absolute Gasteiger partial charge is 0.508 e. The summed E-state index contributed by atoms with van der Waals surface area (Å²) in [5.41, 5.74) is 0.103. The summed E-state index contributed by atoms with van der Waals surface area (Å²) in [6.07, 6.45) is 3.40. The fraction of sp³-hybridized carbons (Fsp3) is 0.462. The molecular formula is C13H18N2O3. The van der Waals surface area contributed by atoms with E-state index in [1.165, 1.54) is 31.0 Å². The van der Waals surface area contributed by atoms with Crippen molar-refractivity contribution in [3.05, 3.63) is 23.8 Å². The van der Waals surface area contributed by atoms with E-state index in [9.17, 15) is 15.0 Å². The second kappa shape index (κ2) is 5.73. The van der Waals surface area contributed by atoms with Crippen molar-refractivity contribution >= 4 is 5.91 Å². The molecule has 0 radical (unpaired) electrons. The van der Waals surface area contributed by atoms with Crippen LogP contribution in [-0.4, -0.2) is 35.3 Å². The third-order valence-electron chi connectivity index (χ3n) is 3.15. The molecule has 1 fully saturated rings. The fourth-order valence-electron chi connectivity index (χ4n) is 2.12. The van der Waals surface area contributed by atoms with Gasteiger partial charge in [0.2, 0.25) is 0 Å². The van der Waals surface area contributed by atoms with Gasteiger partial charge in [0.05, 0.1) is 5.56 Å². The molecule has 1 aliphatic heterocycles. The summed E-state index contributed by atoms with van der Waals surface area (Å²) in [5, 5.41) is 24.9. The molecule has 1 aromatic carbocycles. The molecule has 5 heteroatoms. The number of aromatic hydroxyl groups is 2. The molecule has 1 saturated heterocycles. The highest BCUT2D eigenvalue weighted by atomic mass is 16.3. The Hall–Kier alpha value is -1.75. The average Bonchev–Trinajstić information content (AvgIpc) is 2.40. The van der Waals surface area contributed by atoms with Gasteiger partial charge >= 0.3 is 0 Å². The number of piperidine rings is 1. The van der Waals surface area contributed by atoms with Crippen molar-refractivity contribution in [3.63, 3.8) is 0 Å². The topological polar surface area (TPSA) is 81.6 Å². The maximum Gasteiger partial charge on any atom is 0.255 e. The molecule has 1 heterocycles. The molecule has 2 rings (SSSR count). The molecule has 0 bridgehead atoms. The number of carbonyl (C=O) groups excluding carboxylic acids is 1. The van der Waals surface area contributed by atoms with Gasteiger partial charge in [-0.3, -0.25) is 4.79 Å². The first-order chi connectivity index (χ1) is 8.66. The molecule has 1 amide bonds. The van der Waals surface area contributed by atoms with E-state index >= 15 is 0 Å². The first kappa shape index (κ1) is 12.7. The minimum absolute atomic E-state index is 0.0336. The van der Waals surface area contributed by atoms with E-state index in [1.54, 1.807) is 0 Å². The summed E-state index contributed by atoms with van der Waals surface area (Å²) in [4.78, 5) is 11.9. The number of benzene rings is 1. The number of phenolic OH excluding ortho intramolecular Hbond substituents is 2. The molecule has 98 valence electrons. The average molecular weight is 250 g/mol. The van der Waals surface area contributed by atoms with E-state index in [4.69, 9.17) is 0 Å². The zero-order valence-electron chi connectivity index (χ0n) is 10.1. The highest BCUT2D eigenvalue weighted by molar-refractivity contribution is 5.97. The Morgan fingerprint density at radius 2 is 2.22 bits per heavy atom. The SMILES string of the molecule is O=C(NCC1CCCCN1)c1cc(O)ccc1O. The number of rotatable bonds is 3. The Morgan fingerprint density at radius 3 is 2.94 bits per heavy atom. The van der Waals surface area contributed by atoms with Crippen molar-refractivity contribution in [3.8, 4) is 11.5 Å². The number of carbonyl (C=O) groups is 1. The molecule has 0 aliphatic carbocycles. The van der Waals surface area contributed by atoms with Crippen molar-refractivity contribution in [1.82, 2.24) is 10.6 Å². The summed E-state index contributed by atoms with van der Waals surface area (Å²) in [6.45, 7) is 1.52. The van der Waals surface area contributed by atoms with E-state index < -0.39 is 0 Å².